The summed E-state index contributed by atoms with van der Waals surface area (Å²) in [4.78, 5) is 11.7. The minimum absolute atomic E-state index is 0.0318. The van der Waals surface area contributed by atoms with E-state index in [-0.39, 0.29) is 5.91 Å². The zero-order valence-corrected chi connectivity index (χ0v) is 13.3. The van der Waals surface area contributed by atoms with E-state index in [1.165, 1.54) is 11.3 Å². The molecule has 21 heavy (non-hydrogen) atoms. The summed E-state index contributed by atoms with van der Waals surface area (Å²) in [6.45, 7) is 0.823. The second kappa shape index (κ2) is 8.07. The Morgan fingerprint density at radius 3 is 3.00 bits per heavy atom. The van der Waals surface area contributed by atoms with Gasteiger partial charge in [-0.25, -0.2) is 0 Å². The lowest BCUT2D eigenvalue weighted by atomic mass is 10.2. The van der Waals surface area contributed by atoms with Crippen LogP contribution in [0.3, 0.4) is 0 Å². The van der Waals surface area contributed by atoms with Crippen LogP contribution >= 0.6 is 22.9 Å². The molecule has 112 valence electrons. The van der Waals surface area contributed by atoms with Gasteiger partial charge in [-0.05, 0) is 37.7 Å². The molecule has 7 heteroatoms. The van der Waals surface area contributed by atoms with E-state index in [1.807, 2.05) is 31.3 Å². The summed E-state index contributed by atoms with van der Waals surface area (Å²) in [6, 6.07) is 7.63. The van der Waals surface area contributed by atoms with Crippen LogP contribution in [0.4, 0.5) is 5.13 Å². The molecule has 0 saturated carbocycles. The van der Waals surface area contributed by atoms with Crippen molar-refractivity contribution in [2.45, 2.75) is 19.3 Å². The van der Waals surface area contributed by atoms with Gasteiger partial charge in [-0.15, -0.1) is 10.2 Å². The van der Waals surface area contributed by atoms with E-state index in [1.54, 1.807) is 0 Å². The molecule has 1 amide bonds. The summed E-state index contributed by atoms with van der Waals surface area (Å²) in [5.74, 6) is -0.0318. The molecule has 2 rings (SSSR count). The smallest absolute Gasteiger partial charge is 0.226 e. The molecule has 0 spiro atoms. The fourth-order valence-electron chi connectivity index (χ4n) is 1.80. The zero-order chi connectivity index (χ0) is 15.1. The lowest BCUT2D eigenvalue weighted by Gasteiger charge is -2.00. The Bertz CT molecular complexity index is 602. The van der Waals surface area contributed by atoms with Gasteiger partial charge in [0.1, 0.15) is 5.01 Å². The molecule has 0 radical (unpaired) electrons. The third-order valence-corrected chi connectivity index (χ3v) is 3.86. The van der Waals surface area contributed by atoms with Crippen molar-refractivity contribution in [2.24, 2.45) is 0 Å². The van der Waals surface area contributed by atoms with Crippen molar-refractivity contribution in [1.29, 1.82) is 0 Å². The summed E-state index contributed by atoms with van der Waals surface area (Å²) < 4.78 is 0. The first kappa shape index (κ1) is 15.9. The van der Waals surface area contributed by atoms with Crippen LogP contribution in [0.15, 0.2) is 24.3 Å². The van der Waals surface area contributed by atoms with Gasteiger partial charge in [0.2, 0.25) is 11.0 Å². The van der Waals surface area contributed by atoms with E-state index >= 15 is 0 Å². The second-order valence-electron chi connectivity index (χ2n) is 4.56. The van der Waals surface area contributed by atoms with Crippen molar-refractivity contribution < 1.29 is 4.79 Å². The quantitative estimate of drug-likeness (QED) is 0.768. The number of amides is 1. The summed E-state index contributed by atoms with van der Waals surface area (Å²) in [7, 11) is 1.87. The number of halogens is 1. The highest BCUT2D eigenvalue weighted by molar-refractivity contribution is 7.15. The number of nitrogens with one attached hydrogen (secondary N) is 2. The van der Waals surface area contributed by atoms with Gasteiger partial charge >= 0.3 is 0 Å². The predicted octanol–water partition coefficient (Wildman–Crippen LogP) is 2.72. The van der Waals surface area contributed by atoms with Gasteiger partial charge < -0.3 is 10.6 Å². The Kier molecular flexibility index (Phi) is 6.10. The maximum Gasteiger partial charge on any atom is 0.226 e. The Morgan fingerprint density at radius 1 is 1.38 bits per heavy atom. The Labute approximate surface area is 132 Å². The average Bonchev–Trinajstić information content (AvgIpc) is 2.86. The normalized spacial score (nSPS) is 10.6. The van der Waals surface area contributed by atoms with Crippen molar-refractivity contribution in [3.63, 3.8) is 0 Å². The number of carbonyl (C=O) groups excluding carboxylic acids is 1. The van der Waals surface area contributed by atoms with Crippen LogP contribution in [0.25, 0.3) is 0 Å². The van der Waals surface area contributed by atoms with Crippen molar-refractivity contribution in [2.75, 3.05) is 18.9 Å². The largest absolute Gasteiger partial charge is 0.320 e. The zero-order valence-electron chi connectivity index (χ0n) is 11.7. The molecular formula is C14H17ClN4OS. The van der Waals surface area contributed by atoms with Crippen molar-refractivity contribution in [3.8, 4) is 0 Å². The lowest BCUT2D eigenvalue weighted by Crippen LogP contribution is -2.15. The van der Waals surface area contributed by atoms with Gasteiger partial charge in [-0.3, -0.25) is 4.79 Å². The minimum Gasteiger partial charge on any atom is -0.320 e. The van der Waals surface area contributed by atoms with Gasteiger partial charge in [0.15, 0.2) is 0 Å². The van der Waals surface area contributed by atoms with Crippen LogP contribution in [-0.4, -0.2) is 29.7 Å². The van der Waals surface area contributed by atoms with Gasteiger partial charge in [0, 0.05) is 17.9 Å². The van der Waals surface area contributed by atoms with E-state index in [0.29, 0.717) is 23.0 Å². The van der Waals surface area contributed by atoms with Crippen LogP contribution in [0, 0.1) is 0 Å². The van der Waals surface area contributed by atoms with E-state index < -0.39 is 0 Å². The third-order valence-electron chi connectivity index (χ3n) is 2.79. The maximum absolute atomic E-state index is 11.7. The molecule has 2 N–H and O–H groups in total. The van der Waals surface area contributed by atoms with Crippen molar-refractivity contribution >= 4 is 34.0 Å². The topological polar surface area (TPSA) is 66.9 Å². The van der Waals surface area contributed by atoms with Gasteiger partial charge in [0.05, 0.1) is 0 Å². The predicted molar refractivity (Wildman–Crippen MR) is 86.0 cm³/mol. The van der Waals surface area contributed by atoms with Crippen LogP contribution in [0.5, 0.6) is 0 Å². The first-order valence-electron chi connectivity index (χ1n) is 6.68. The number of aromatic nitrogens is 2. The van der Waals surface area contributed by atoms with E-state index in [0.717, 1.165) is 23.5 Å². The van der Waals surface area contributed by atoms with Crippen LogP contribution in [0.1, 0.15) is 23.4 Å². The molecule has 0 atom stereocenters. The summed E-state index contributed by atoms with van der Waals surface area (Å²) in [5, 5.41) is 16.0. The van der Waals surface area contributed by atoms with Crippen LogP contribution in [-0.2, 0) is 11.2 Å². The first-order chi connectivity index (χ1) is 10.2. The fraction of sp³-hybridized carbons (Fsp3) is 0.357. The highest BCUT2D eigenvalue weighted by atomic mass is 35.5. The monoisotopic (exact) mass is 324 g/mol. The maximum atomic E-state index is 11.7. The average molecular weight is 325 g/mol. The second-order valence-corrected chi connectivity index (χ2v) is 6.06. The summed E-state index contributed by atoms with van der Waals surface area (Å²) in [6.07, 6.45) is 1.94. The molecule has 0 saturated heterocycles. The number of carbonyl (C=O) groups is 1. The molecule has 2 aromatic rings. The number of rotatable bonds is 7. The number of anilines is 1. The first-order valence-corrected chi connectivity index (χ1v) is 7.88. The van der Waals surface area contributed by atoms with Gasteiger partial charge in [-0.2, -0.15) is 0 Å². The molecule has 0 aliphatic rings. The third kappa shape index (κ3) is 5.41. The molecule has 1 aromatic heterocycles. The molecule has 0 aliphatic heterocycles. The lowest BCUT2D eigenvalue weighted by molar-refractivity contribution is -0.116. The van der Waals surface area contributed by atoms with E-state index in [2.05, 4.69) is 20.8 Å². The molecule has 0 bridgehead atoms. The fourth-order valence-corrected chi connectivity index (χ4v) is 2.81. The molecular weight excluding hydrogens is 308 g/mol. The van der Waals surface area contributed by atoms with Crippen molar-refractivity contribution in [3.05, 3.63) is 39.9 Å². The molecule has 0 unspecified atom stereocenters. The Hall–Kier alpha value is -1.50. The molecule has 5 nitrogen and oxygen atoms in total. The summed E-state index contributed by atoms with van der Waals surface area (Å²) in [5.41, 5.74) is 1.07. The van der Waals surface area contributed by atoms with Crippen molar-refractivity contribution in [1.82, 2.24) is 15.5 Å². The molecule has 1 aromatic carbocycles. The number of benzene rings is 1. The molecule has 1 heterocycles. The van der Waals surface area contributed by atoms with Crippen LogP contribution in [0.2, 0.25) is 5.02 Å². The number of nitrogens with zero attached hydrogens (tertiary/aromatic N) is 2. The molecule has 0 aliphatic carbocycles. The standard InChI is InChI=1S/C14H17ClN4OS/c1-16-7-3-6-12(20)17-14-19-18-13(21-14)9-10-4-2-5-11(15)8-10/h2,4-5,8,16H,3,6-7,9H2,1H3,(H,17,19,20). The highest BCUT2D eigenvalue weighted by Crippen LogP contribution is 2.20. The van der Waals surface area contributed by atoms with Crippen LogP contribution < -0.4 is 10.6 Å². The summed E-state index contributed by atoms with van der Waals surface area (Å²) >= 11 is 7.34. The highest BCUT2D eigenvalue weighted by Gasteiger charge is 2.08. The Balaban J connectivity index is 1.88. The van der Waals surface area contributed by atoms with Gasteiger partial charge in [-0.1, -0.05) is 35.1 Å². The number of hydrogen-bond donors (Lipinski definition) is 2. The minimum atomic E-state index is -0.0318. The molecule has 0 fully saturated rings. The SMILES string of the molecule is CNCCCC(=O)Nc1nnc(Cc2cccc(Cl)c2)s1. The van der Waals surface area contributed by atoms with E-state index in [9.17, 15) is 4.79 Å². The Morgan fingerprint density at radius 2 is 2.24 bits per heavy atom. The number of hydrogen-bond acceptors (Lipinski definition) is 5. The van der Waals surface area contributed by atoms with E-state index in [4.69, 9.17) is 11.6 Å². The van der Waals surface area contributed by atoms with Gasteiger partial charge in [0.25, 0.3) is 0 Å².